The lowest BCUT2D eigenvalue weighted by Gasteiger charge is -2.53. The van der Waals surface area contributed by atoms with Crippen LogP contribution in [0.25, 0.3) is 0 Å². The fourth-order valence-corrected chi connectivity index (χ4v) is 6.66. The number of amides is 2. The van der Waals surface area contributed by atoms with Gasteiger partial charge in [-0.15, -0.1) is 0 Å². The summed E-state index contributed by atoms with van der Waals surface area (Å²) in [7, 11) is 0. The molecule has 3 aliphatic carbocycles. The van der Waals surface area contributed by atoms with Crippen molar-refractivity contribution in [2.45, 2.75) is 32.6 Å². The van der Waals surface area contributed by atoms with E-state index in [0.29, 0.717) is 24.2 Å². The monoisotopic (exact) mass is 449 g/mol. The standard InChI is InChI=1S/C26H27NO6/c1-13-11-19(29)18-12-17-14(7-8-16-21(17)25(32)27-24(16)31)22(26(18,2)23(13)30)15-5-3-4-6-20(15)33-10-9-28/h3-7,11,16-18,21-22,28H,8-10,12H2,1-2H3,(H,27,31,32)/t16-,17+,18-,21-,22+,26+/m0/s1. The Morgan fingerprint density at radius 2 is 1.88 bits per heavy atom. The average Bonchev–Trinajstić information content (AvgIpc) is 3.09. The normalized spacial score (nSPS) is 35.2. The number of imide groups is 1. The van der Waals surface area contributed by atoms with E-state index in [1.807, 2.05) is 31.2 Å². The molecular formula is C26H27NO6. The van der Waals surface area contributed by atoms with Crippen LogP contribution in [0, 0.1) is 29.1 Å². The van der Waals surface area contributed by atoms with Crippen molar-refractivity contribution in [2.24, 2.45) is 29.1 Å². The minimum absolute atomic E-state index is 0.0810. The lowest BCUT2D eigenvalue weighted by atomic mass is 9.47. The summed E-state index contributed by atoms with van der Waals surface area (Å²) in [6.45, 7) is 3.47. The van der Waals surface area contributed by atoms with Gasteiger partial charge in [-0.2, -0.15) is 0 Å². The van der Waals surface area contributed by atoms with E-state index in [1.54, 1.807) is 13.0 Å². The van der Waals surface area contributed by atoms with Crippen molar-refractivity contribution in [3.63, 3.8) is 0 Å². The molecule has 33 heavy (non-hydrogen) atoms. The van der Waals surface area contributed by atoms with Gasteiger partial charge < -0.3 is 9.84 Å². The van der Waals surface area contributed by atoms with E-state index in [2.05, 4.69) is 5.32 Å². The highest BCUT2D eigenvalue weighted by Gasteiger charge is 2.62. The van der Waals surface area contributed by atoms with Gasteiger partial charge in [-0.25, -0.2) is 0 Å². The summed E-state index contributed by atoms with van der Waals surface area (Å²) < 4.78 is 5.84. The van der Waals surface area contributed by atoms with Crippen LogP contribution in [0.4, 0.5) is 0 Å². The van der Waals surface area contributed by atoms with Crippen LogP contribution >= 0.6 is 0 Å². The smallest absolute Gasteiger partial charge is 0.231 e. The second kappa shape index (κ2) is 7.76. The van der Waals surface area contributed by atoms with Gasteiger partial charge in [0.1, 0.15) is 12.4 Å². The van der Waals surface area contributed by atoms with Crippen LogP contribution in [0.2, 0.25) is 0 Å². The average molecular weight is 450 g/mol. The molecule has 0 radical (unpaired) electrons. The number of allylic oxidation sites excluding steroid dienone is 4. The predicted octanol–water partition coefficient (Wildman–Crippen LogP) is 2.10. The Bertz CT molecular complexity index is 1130. The zero-order valence-corrected chi connectivity index (χ0v) is 18.7. The van der Waals surface area contributed by atoms with Gasteiger partial charge in [0.2, 0.25) is 11.8 Å². The number of hydrogen-bond donors (Lipinski definition) is 2. The van der Waals surface area contributed by atoms with E-state index in [4.69, 9.17) is 4.74 Å². The summed E-state index contributed by atoms with van der Waals surface area (Å²) in [5, 5.41) is 11.8. The summed E-state index contributed by atoms with van der Waals surface area (Å²) in [4.78, 5) is 52.1. The van der Waals surface area contributed by atoms with E-state index in [9.17, 15) is 24.3 Å². The van der Waals surface area contributed by atoms with E-state index >= 15 is 0 Å². The van der Waals surface area contributed by atoms with E-state index in [0.717, 1.165) is 11.1 Å². The Morgan fingerprint density at radius 3 is 2.64 bits per heavy atom. The second-order valence-electron chi connectivity index (χ2n) is 9.70. The zero-order chi connectivity index (χ0) is 23.5. The number of rotatable bonds is 4. The number of aliphatic hydroxyl groups is 1. The maximum absolute atomic E-state index is 13.7. The van der Waals surface area contributed by atoms with Crippen molar-refractivity contribution in [3.05, 3.63) is 53.1 Å². The third-order valence-corrected chi connectivity index (χ3v) is 8.06. The first-order valence-electron chi connectivity index (χ1n) is 11.4. The van der Waals surface area contributed by atoms with Gasteiger partial charge in [0.15, 0.2) is 11.6 Å². The molecule has 1 aliphatic heterocycles. The molecule has 1 saturated carbocycles. The Kier molecular flexibility index (Phi) is 5.12. The molecule has 0 bridgehead atoms. The molecule has 7 nitrogen and oxygen atoms in total. The number of carbonyl (C=O) groups is 4. The van der Waals surface area contributed by atoms with Gasteiger partial charge in [-0.3, -0.25) is 24.5 Å². The molecule has 1 aromatic rings. The van der Waals surface area contributed by atoms with Crippen LogP contribution in [-0.2, 0) is 19.2 Å². The first kappa shape index (κ1) is 21.8. The molecule has 2 N–H and O–H groups in total. The summed E-state index contributed by atoms with van der Waals surface area (Å²) in [5.74, 6) is -2.59. The first-order valence-corrected chi connectivity index (χ1v) is 11.4. The number of benzene rings is 1. The van der Waals surface area contributed by atoms with Crippen LogP contribution in [0.1, 0.15) is 38.2 Å². The number of Topliss-reactive ketones (excluding diaryl/α,β-unsaturated/α-hetero) is 1. The maximum Gasteiger partial charge on any atom is 0.231 e. The molecule has 2 fully saturated rings. The molecule has 1 saturated heterocycles. The molecular weight excluding hydrogens is 422 g/mol. The zero-order valence-electron chi connectivity index (χ0n) is 18.7. The van der Waals surface area contributed by atoms with Crippen LogP contribution in [0.5, 0.6) is 5.75 Å². The van der Waals surface area contributed by atoms with Crippen molar-refractivity contribution >= 4 is 23.4 Å². The first-order chi connectivity index (χ1) is 15.8. The third kappa shape index (κ3) is 3.05. The maximum atomic E-state index is 13.7. The predicted molar refractivity (Wildman–Crippen MR) is 118 cm³/mol. The van der Waals surface area contributed by atoms with Crippen molar-refractivity contribution < 1.29 is 29.0 Å². The van der Waals surface area contributed by atoms with Crippen LogP contribution in [0.15, 0.2) is 47.6 Å². The number of aliphatic hydroxyl groups excluding tert-OH is 1. The van der Waals surface area contributed by atoms with Gasteiger partial charge >= 0.3 is 0 Å². The van der Waals surface area contributed by atoms with Gasteiger partial charge in [-0.1, -0.05) is 36.8 Å². The topological polar surface area (TPSA) is 110 Å². The number of ether oxygens (including phenoxy) is 1. The molecule has 1 heterocycles. The summed E-state index contributed by atoms with van der Waals surface area (Å²) in [6.07, 6.45) is 4.20. The molecule has 6 atom stereocenters. The molecule has 172 valence electrons. The number of hydrogen-bond acceptors (Lipinski definition) is 6. The molecule has 7 heteroatoms. The van der Waals surface area contributed by atoms with Crippen LogP contribution in [0.3, 0.4) is 0 Å². The van der Waals surface area contributed by atoms with Gasteiger partial charge in [-0.05, 0) is 43.4 Å². The minimum Gasteiger partial charge on any atom is -0.491 e. The Hall–Kier alpha value is -3.06. The van der Waals surface area contributed by atoms with Crippen molar-refractivity contribution in [1.82, 2.24) is 5.32 Å². The molecule has 0 spiro atoms. The van der Waals surface area contributed by atoms with Crippen molar-refractivity contribution in [3.8, 4) is 5.75 Å². The minimum atomic E-state index is -1.04. The highest BCUT2D eigenvalue weighted by molar-refractivity contribution is 6.13. The van der Waals surface area contributed by atoms with Gasteiger partial charge in [0, 0.05) is 17.4 Å². The van der Waals surface area contributed by atoms with Crippen molar-refractivity contribution in [1.29, 1.82) is 0 Å². The summed E-state index contributed by atoms with van der Waals surface area (Å²) in [6, 6.07) is 7.37. The van der Waals surface area contributed by atoms with E-state index < -0.39 is 29.1 Å². The lowest BCUT2D eigenvalue weighted by molar-refractivity contribution is -0.141. The quantitative estimate of drug-likeness (QED) is 0.538. The molecule has 2 amide bonds. The number of carbonyl (C=O) groups excluding carboxylic acids is 4. The molecule has 4 aliphatic rings. The Balaban J connectivity index is 1.72. The fourth-order valence-electron chi connectivity index (χ4n) is 6.66. The summed E-state index contributed by atoms with van der Waals surface area (Å²) in [5.41, 5.74) is 1.08. The molecule has 0 aromatic heterocycles. The highest BCUT2D eigenvalue weighted by Crippen LogP contribution is 2.62. The number of nitrogens with one attached hydrogen (secondary N) is 1. The molecule has 1 aromatic carbocycles. The van der Waals surface area contributed by atoms with E-state index in [-0.39, 0.29) is 42.5 Å². The Labute approximate surface area is 191 Å². The number of fused-ring (bicyclic) bond motifs is 4. The molecule has 0 unspecified atom stereocenters. The van der Waals surface area contributed by atoms with Crippen LogP contribution < -0.4 is 10.1 Å². The molecule has 5 rings (SSSR count). The SMILES string of the molecule is CC1=CC(=O)[C@@H]2C[C@@H]3C(=CC[C@@H]4C(=O)NC(=O)[C@@H]43)[C@H](c3ccccc3OCCO)[C@]2(C)C1=O. The second-order valence-corrected chi connectivity index (χ2v) is 9.70. The third-order valence-electron chi connectivity index (χ3n) is 8.06. The van der Waals surface area contributed by atoms with E-state index in [1.165, 1.54) is 6.08 Å². The largest absolute Gasteiger partial charge is 0.491 e. The number of para-hydroxylation sites is 1. The summed E-state index contributed by atoms with van der Waals surface area (Å²) >= 11 is 0. The van der Waals surface area contributed by atoms with Gasteiger partial charge in [0.25, 0.3) is 0 Å². The van der Waals surface area contributed by atoms with Crippen LogP contribution in [-0.4, -0.2) is 41.7 Å². The highest BCUT2D eigenvalue weighted by atomic mass is 16.5. The fraction of sp³-hybridized carbons (Fsp3) is 0.462. The van der Waals surface area contributed by atoms with Crippen molar-refractivity contribution in [2.75, 3.05) is 13.2 Å². The lowest BCUT2D eigenvalue weighted by Crippen LogP contribution is -2.54. The number of ketones is 2. The van der Waals surface area contributed by atoms with Gasteiger partial charge in [0.05, 0.1) is 23.9 Å². The Morgan fingerprint density at radius 1 is 1.12 bits per heavy atom.